The van der Waals surface area contributed by atoms with Crippen molar-refractivity contribution in [2.24, 2.45) is 0 Å². The lowest BCUT2D eigenvalue weighted by Crippen LogP contribution is -2.25. The fraction of sp³-hybridized carbons (Fsp3) is 0.765. The minimum atomic E-state index is 0.845. The maximum Gasteiger partial charge on any atom is 0.118 e. The van der Waals surface area contributed by atoms with Gasteiger partial charge in [0, 0.05) is 0 Å². The highest BCUT2D eigenvalue weighted by Gasteiger charge is 2.08. The van der Waals surface area contributed by atoms with Crippen LogP contribution in [0.1, 0.15) is 64.4 Å². The van der Waals surface area contributed by atoms with Crippen LogP contribution in [0.3, 0.4) is 0 Å². The average Bonchev–Trinajstić information content (AvgIpc) is 2.89. The van der Waals surface area contributed by atoms with E-state index >= 15 is 0 Å². The number of furan rings is 1. The molecule has 0 aliphatic rings. The quantitative estimate of drug-likeness (QED) is 0.582. The third kappa shape index (κ3) is 7.11. The van der Waals surface area contributed by atoms with Crippen LogP contribution >= 0.6 is 0 Å². The third-order valence-electron chi connectivity index (χ3n) is 3.48. The summed E-state index contributed by atoms with van der Waals surface area (Å²) in [5.41, 5.74) is 0. The first-order valence-electron chi connectivity index (χ1n) is 8.30. The first-order valence-corrected chi connectivity index (χ1v) is 8.30. The van der Waals surface area contributed by atoms with Crippen molar-refractivity contribution >= 4 is 0 Å². The normalized spacial score (nSPS) is 11.4. The van der Waals surface area contributed by atoms with Crippen LogP contribution in [0.15, 0.2) is 16.5 Å². The Bertz CT molecular complexity index is 327. The number of rotatable bonds is 12. The van der Waals surface area contributed by atoms with Gasteiger partial charge in [0.05, 0.1) is 13.1 Å². The van der Waals surface area contributed by atoms with Gasteiger partial charge in [-0.1, -0.05) is 33.6 Å². The van der Waals surface area contributed by atoms with Crippen molar-refractivity contribution in [3.8, 4) is 0 Å². The Morgan fingerprint density at radius 1 is 0.950 bits per heavy atom. The second-order valence-corrected chi connectivity index (χ2v) is 5.53. The van der Waals surface area contributed by atoms with Crippen LogP contribution in [0.25, 0.3) is 0 Å². The summed E-state index contributed by atoms with van der Waals surface area (Å²) < 4.78 is 5.92. The topological polar surface area (TPSA) is 28.4 Å². The molecule has 0 aromatic carbocycles. The van der Waals surface area contributed by atoms with E-state index in [2.05, 4.69) is 43.1 Å². The van der Waals surface area contributed by atoms with Gasteiger partial charge >= 0.3 is 0 Å². The molecular weight excluding hydrogens is 248 g/mol. The molecular formula is C17H32N2O. The van der Waals surface area contributed by atoms with Gasteiger partial charge in [-0.05, 0) is 51.0 Å². The van der Waals surface area contributed by atoms with Gasteiger partial charge in [-0.25, -0.2) is 0 Å². The Morgan fingerprint density at radius 2 is 1.60 bits per heavy atom. The number of hydrogen-bond acceptors (Lipinski definition) is 3. The average molecular weight is 280 g/mol. The fourth-order valence-electron chi connectivity index (χ4n) is 2.24. The zero-order valence-corrected chi connectivity index (χ0v) is 13.6. The summed E-state index contributed by atoms with van der Waals surface area (Å²) in [7, 11) is 0. The predicted molar refractivity (Wildman–Crippen MR) is 85.8 cm³/mol. The van der Waals surface area contributed by atoms with Gasteiger partial charge in [0.1, 0.15) is 11.5 Å². The maximum absolute atomic E-state index is 5.92. The lowest BCUT2D eigenvalue weighted by molar-refractivity contribution is 0.234. The van der Waals surface area contributed by atoms with Gasteiger partial charge in [0.15, 0.2) is 0 Å². The van der Waals surface area contributed by atoms with Crippen molar-refractivity contribution in [2.75, 3.05) is 19.6 Å². The Kier molecular flexibility index (Phi) is 9.42. The number of nitrogens with one attached hydrogen (secondary N) is 1. The molecule has 0 spiro atoms. The van der Waals surface area contributed by atoms with Crippen molar-refractivity contribution in [2.45, 2.75) is 66.0 Å². The van der Waals surface area contributed by atoms with Crippen molar-refractivity contribution in [3.63, 3.8) is 0 Å². The Labute approximate surface area is 124 Å². The molecule has 3 heteroatoms. The minimum absolute atomic E-state index is 0.845. The monoisotopic (exact) mass is 280 g/mol. The molecule has 1 aromatic rings. The van der Waals surface area contributed by atoms with Crippen molar-refractivity contribution in [1.82, 2.24) is 10.2 Å². The van der Waals surface area contributed by atoms with Crippen LogP contribution in [0, 0.1) is 0 Å². The molecule has 1 rings (SSSR count). The first-order chi connectivity index (χ1) is 9.80. The maximum atomic E-state index is 5.92. The van der Waals surface area contributed by atoms with E-state index in [1.54, 1.807) is 0 Å². The zero-order chi connectivity index (χ0) is 14.6. The van der Waals surface area contributed by atoms with E-state index in [1.807, 2.05) is 0 Å². The smallest absolute Gasteiger partial charge is 0.118 e. The summed E-state index contributed by atoms with van der Waals surface area (Å²) in [6.07, 6.45) is 6.22. The van der Waals surface area contributed by atoms with Crippen LogP contribution in [0.4, 0.5) is 0 Å². The molecule has 3 nitrogen and oxygen atoms in total. The van der Waals surface area contributed by atoms with E-state index in [0.717, 1.165) is 37.6 Å². The van der Waals surface area contributed by atoms with Crippen LogP contribution in [0.2, 0.25) is 0 Å². The molecule has 116 valence electrons. The summed E-state index contributed by atoms with van der Waals surface area (Å²) in [5.74, 6) is 2.16. The van der Waals surface area contributed by atoms with Crippen molar-refractivity contribution in [1.29, 1.82) is 0 Å². The van der Waals surface area contributed by atoms with E-state index in [1.165, 1.54) is 38.8 Å². The molecule has 0 atom stereocenters. The van der Waals surface area contributed by atoms with Crippen LogP contribution in [-0.2, 0) is 13.1 Å². The van der Waals surface area contributed by atoms with Gasteiger partial charge in [0.2, 0.25) is 0 Å². The van der Waals surface area contributed by atoms with E-state index in [9.17, 15) is 0 Å². The zero-order valence-electron chi connectivity index (χ0n) is 13.6. The lowest BCUT2D eigenvalue weighted by atomic mass is 10.2. The largest absolute Gasteiger partial charge is 0.463 e. The SMILES string of the molecule is CCCCN(CCCC)Cc1ccc(CNCCC)o1. The van der Waals surface area contributed by atoms with E-state index in [-0.39, 0.29) is 0 Å². The summed E-state index contributed by atoms with van der Waals surface area (Å²) in [6.45, 7) is 11.9. The second-order valence-electron chi connectivity index (χ2n) is 5.53. The summed E-state index contributed by atoms with van der Waals surface area (Å²) in [4.78, 5) is 2.52. The molecule has 0 saturated carbocycles. The molecule has 0 aliphatic carbocycles. The molecule has 0 radical (unpaired) electrons. The predicted octanol–water partition coefficient (Wildman–Crippen LogP) is 4.18. The Balaban J connectivity index is 2.41. The molecule has 1 heterocycles. The Morgan fingerprint density at radius 3 is 2.20 bits per heavy atom. The third-order valence-corrected chi connectivity index (χ3v) is 3.48. The lowest BCUT2D eigenvalue weighted by Gasteiger charge is -2.20. The highest BCUT2D eigenvalue weighted by atomic mass is 16.3. The van der Waals surface area contributed by atoms with Gasteiger partial charge < -0.3 is 9.73 Å². The molecule has 0 unspecified atom stereocenters. The highest BCUT2D eigenvalue weighted by molar-refractivity contribution is 5.07. The van der Waals surface area contributed by atoms with Crippen LogP contribution in [-0.4, -0.2) is 24.5 Å². The molecule has 1 aromatic heterocycles. The van der Waals surface area contributed by atoms with E-state index in [4.69, 9.17) is 4.42 Å². The van der Waals surface area contributed by atoms with Crippen LogP contribution < -0.4 is 5.32 Å². The number of unbranched alkanes of at least 4 members (excludes halogenated alkanes) is 2. The number of nitrogens with zero attached hydrogens (tertiary/aromatic N) is 1. The summed E-state index contributed by atoms with van der Waals surface area (Å²) in [5, 5.41) is 3.38. The minimum Gasteiger partial charge on any atom is -0.463 e. The molecule has 0 amide bonds. The van der Waals surface area contributed by atoms with E-state index in [0.29, 0.717) is 0 Å². The fourth-order valence-corrected chi connectivity index (χ4v) is 2.24. The first kappa shape index (κ1) is 17.3. The molecule has 0 bridgehead atoms. The second kappa shape index (κ2) is 10.9. The summed E-state index contributed by atoms with van der Waals surface area (Å²) in [6, 6.07) is 4.24. The Hall–Kier alpha value is -0.800. The van der Waals surface area contributed by atoms with Crippen LogP contribution in [0.5, 0.6) is 0 Å². The molecule has 1 N–H and O–H groups in total. The standard InChI is InChI=1S/C17H32N2O/c1-4-7-12-19(13-8-5-2)15-17-10-9-16(20-17)14-18-11-6-3/h9-10,18H,4-8,11-15H2,1-3H3. The molecule has 20 heavy (non-hydrogen) atoms. The van der Waals surface area contributed by atoms with Gasteiger partial charge in [-0.2, -0.15) is 0 Å². The molecule has 0 saturated heterocycles. The molecule has 0 fully saturated rings. The summed E-state index contributed by atoms with van der Waals surface area (Å²) >= 11 is 0. The number of hydrogen-bond donors (Lipinski definition) is 1. The van der Waals surface area contributed by atoms with Gasteiger partial charge in [-0.15, -0.1) is 0 Å². The molecule has 0 aliphatic heterocycles. The van der Waals surface area contributed by atoms with E-state index < -0.39 is 0 Å². The van der Waals surface area contributed by atoms with Gasteiger partial charge in [-0.3, -0.25) is 4.90 Å². The van der Waals surface area contributed by atoms with Crippen molar-refractivity contribution < 1.29 is 4.42 Å². The van der Waals surface area contributed by atoms with Gasteiger partial charge in [0.25, 0.3) is 0 Å². The van der Waals surface area contributed by atoms with Crippen molar-refractivity contribution in [3.05, 3.63) is 23.7 Å². The highest BCUT2D eigenvalue weighted by Crippen LogP contribution is 2.12.